The largest absolute Gasteiger partial charge is 0.395 e. The smallest absolute Gasteiger partial charge is 0.0564 e. The number of para-hydroxylation sites is 1. The van der Waals surface area contributed by atoms with Crippen molar-refractivity contribution in [2.75, 3.05) is 12.9 Å². The van der Waals surface area contributed by atoms with E-state index in [-0.39, 0.29) is 11.9 Å². The zero-order chi connectivity index (χ0) is 13.0. The van der Waals surface area contributed by atoms with Gasteiger partial charge >= 0.3 is 0 Å². The van der Waals surface area contributed by atoms with Crippen LogP contribution in [0.2, 0.25) is 0 Å². The van der Waals surface area contributed by atoms with Gasteiger partial charge in [0.15, 0.2) is 0 Å². The molecule has 18 heavy (non-hydrogen) atoms. The van der Waals surface area contributed by atoms with Gasteiger partial charge in [-0.25, -0.2) is 0 Å². The number of aromatic nitrogens is 1. The molecular formula is C14H20N2OS. The summed E-state index contributed by atoms with van der Waals surface area (Å²) in [4.78, 5) is 3.27. The van der Waals surface area contributed by atoms with Crippen molar-refractivity contribution in [2.24, 2.45) is 0 Å². The Balaban J connectivity index is 2.02. The fraction of sp³-hybridized carbons (Fsp3) is 0.429. The highest BCUT2D eigenvalue weighted by atomic mass is 32.2. The lowest BCUT2D eigenvalue weighted by atomic mass is 10.1. The van der Waals surface area contributed by atoms with Crippen LogP contribution in [-0.2, 0) is 6.54 Å². The quantitative estimate of drug-likeness (QED) is 0.750. The van der Waals surface area contributed by atoms with Crippen LogP contribution in [0.5, 0.6) is 0 Å². The van der Waals surface area contributed by atoms with Crippen LogP contribution in [0.3, 0.4) is 0 Å². The second kappa shape index (κ2) is 6.27. The van der Waals surface area contributed by atoms with Crippen LogP contribution in [0.25, 0.3) is 10.9 Å². The first-order valence-electron chi connectivity index (χ1n) is 6.18. The number of hydrogen-bond acceptors (Lipinski definition) is 3. The number of fused-ring (bicyclic) bond motifs is 1. The minimum Gasteiger partial charge on any atom is -0.395 e. The SMILES string of the molecule is CSC(CO)C(C)NCc1c[nH]c2ccccc12. The molecule has 0 amide bonds. The lowest BCUT2D eigenvalue weighted by Crippen LogP contribution is -2.37. The molecule has 1 heterocycles. The van der Waals surface area contributed by atoms with Crippen LogP contribution in [0, 0.1) is 0 Å². The number of thioether (sulfide) groups is 1. The molecule has 0 radical (unpaired) electrons. The molecule has 3 N–H and O–H groups in total. The zero-order valence-electron chi connectivity index (χ0n) is 10.8. The van der Waals surface area contributed by atoms with Crippen molar-refractivity contribution < 1.29 is 5.11 Å². The Labute approximate surface area is 112 Å². The average Bonchev–Trinajstić information content (AvgIpc) is 2.81. The Bertz CT molecular complexity index is 493. The van der Waals surface area contributed by atoms with Gasteiger partial charge in [0, 0.05) is 34.9 Å². The molecule has 2 aromatic rings. The van der Waals surface area contributed by atoms with Crippen molar-refractivity contribution in [1.82, 2.24) is 10.3 Å². The fourth-order valence-corrected chi connectivity index (χ4v) is 2.77. The molecule has 0 saturated heterocycles. The molecule has 0 fully saturated rings. The minimum atomic E-state index is 0.212. The summed E-state index contributed by atoms with van der Waals surface area (Å²) < 4.78 is 0. The molecule has 0 spiro atoms. The van der Waals surface area contributed by atoms with Crippen molar-refractivity contribution >= 4 is 22.7 Å². The normalized spacial score (nSPS) is 14.8. The molecule has 98 valence electrons. The molecule has 0 saturated carbocycles. The lowest BCUT2D eigenvalue weighted by Gasteiger charge is -2.21. The zero-order valence-corrected chi connectivity index (χ0v) is 11.6. The third kappa shape index (κ3) is 2.88. The lowest BCUT2D eigenvalue weighted by molar-refractivity contribution is 0.276. The summed E-state index contributed by atoms with van der Waals surface area (Å²) in [7, 11) is 0. The van der Waals surface area contributed by atoms with Gasteiger partial charge in [0.25, 0.3) is 0 Å². The highest BCUT2D eigenvalue weighted by Crippen LogP contribution is 2.18. The minimum absolute atomic E-state index is 0.212. The second-order valence-electron chi connectivity index (χ2n) is 4.49. The summed E-state index contributed by atoms with van der Waals surface area (Å²) in [5.41, 5.74) is 2.45. The maximum atomic E-state index is 9.26. The maximum absolute atomic E-state index is 9.26. The molecule has 3 nitrogen and oxygen atoms in total. The van der Waals surface area contributed by atoms with Crippen LogP contribution in [-0.4, -0.2) is 34.2 Å². The number of H-pyrrole nitrogens is 1. The number of aliphatic hydroxyl groups is 1. The first-order valence-corrected chi connectivity index (χ1v) is 7.47. The van der Waals surface area contributed by atoms with Gasteiger partial charge < -0.3 is 15.4 Å². The number of aliphatic hydroxyl groups excluding tert-OH is 1. The number of rotatable bonds is 6. The number of benzene rings is 1. The van der Waals surface area contributed by atoms with E-state index in [0.717, 1.165) is 6.54 Å². The van der Waals surface area contributed by atoms with Crippen LogP contribution >= 0.6 is 11.8 Å². The summed E-state index contributed by atoms with van der Waals surface area (Å²) >= 11 is 1.70. The monoisotopic (exact) mass is 264 g/mol. The van der Waals surface area contributed by atoms with Gasteiger partial charge in [-0.1, -0.05) is 18.2 Å². The topological polar surface area (TPSA) is 48.0 Å². The second-order valence-corrected chi connectivity index (χ2v) is 5.56. The van der Waals surface area contributed by atoms with Crippen LogP contribution < -0.4 is 5.32 Å². The van der Waals surface area contributed by atoms with Gasteiger partial charge in [-0.15, -0.1) is 0 Å². The molecule has 4 heteroatoms. The predicted molar refractivity (Wildman–Crippen MR) is 79.0 cm³/mol. The first-order chi connectivity index (χ1) is 8.76. The van der Waals surface area contributed by atoms with Crippen molar-refractivity contribution in [2.45, 2.75) is 24.8 Å². The Hall–Kier alpha value is -0.970. The first kappa shape index (κ1) is 13.5. The summed E-state index contributed by atoms with van der Waals surface area (Å²) in [5, 5.41) is 14.2. The third-order valence-corrected chi connectivity index (χ3v) is 4.49. The van der Waals surface area contributed by atoms with Crippen LogP contribution in [0.15, 0.2) is 30.5 Å². The molecule has 1 aromatic carbocycles. The van der Waals surface area contributed by atoms with E-state index < -0.39 is 0 Å². The highest BCUT2D eigenvalue weighted by molar-refractivity contribution is 7.99. The standard InChI is InChI=1S/C14H20N2OS/c1-10(14(9-17)18-2)15-7-11-8-16-13-6-4-3-5-12(11)13/h3-6,8,10,14-17H,7,9H2,1-2H3. The summed E-state index contributed by atoms with van der Waals surface area (Å²) in [6, 6.07) is 8.60. The number of aromatic amines is 1. The van der Waals surface area contributed by atoms with Crippen molar-refractivity contribution in [3.05, 3.63) is 36.0 Å². The van der Waals surface area contributed by atoms with E-state index in [2.05, 4.69) is 41.6 Å². The summed E-state index contributed by atoms with van der Waals surface area (Å²) in [6.07, 6.45) is 4.09. The summed E-state index contributed by atoms with van der Waals surface area (Å²) in [5.74, 6) is 0. The fourth-order valence-electron chi connectivity index (χ4n) is 2.12. The molecule has 1 aromatic heterocycles. The Morgan fingerprint density at radius 2 is 2.17 bits per heavy atom. The summed E-state index contributed by atoms with van der Waals surface area (Å²) in [6.45, 7) is 3.15. The number of nitrogens with one attached hydrogen (secondary N) is 2. The molecule has 2 unspecified atom stereocenters. The molecule has 0 aliphatic carbocycles. The van der Waals surface area contributed by atoms with Crippen molar-refractivity contribution in [3.63, 3.8) is 0 Å². The average molecular weight is 264 g/mol. The molecule has 0 bridgehead atoms. The molecule has 2 atom stereocenters. The third-order valence-electron chi connectivity index (χ3n) is 3.33. The number of hydrogen-bond donors (Lipinski definition) is 3. The molecule has 0 aliphatic heterocycles. The molecule has 2 rings (SSSR count). The van der Waals surface area contributed by atoms with E-state index in [1.807, 2.05) is 12.3 Å². The van der Waals surface area contributed by atoms with Gasteiger partial charge in [0.05, 0.1) is 6.61 Å². The van der Waals surface area contributed by atoms with Gasteiger partial charge in [-0.2, -0.15) is 11.8 Å². The highest BCUT2D eigenvalue weighted by Gasteiger charge is 2.14. The van der Waals surface area contributed by atoms with Gasteiger partial charge in [-0.05, 0) is 24.8 Å². The van der Waals surface area contributed by atoms with E-state index in [9.17, 15) is 5.11 Å². The van der Waals surface area contributed by atoms with Gasteiger partial charge in [-0.3, -0.25) is 0 Å². The van der Waals surface area contributed by atoms with E-state index in [1.54, 1.807) is 11.8 Å². The molecular weight excluding hydrogens is 244 g/mol. The van der Waals surface area contributed by atoms with Gasteiger partial charge in [0.2, 0.25) is 0 Å². The van der Waals surface area contributed by atoms with E-state index >= 15 is 0 Å². The Kier molecular flexibility index (Phi) is 4.69. The maximum Gasteiger partial charge on any atom is 0.0564 e. The Morgan fingerprint density at radius 3 is 2.89 bits per heavy atom. The van der Waals surface area contributed by atoms with E-state index in [1.165, 1.54) is 16.5 Å². The van der Waals surface area contributed by atoms with Gasteiger partial charge in [0.1, 0.15) is 0 Å². The van der Waals surface area contributed by atoms with Crippen molar-refractivity contribution in [1.29, 1.82) is 0 Å². The van der Waals surface area contributed by atoms with Crippen LogP contribution in [0.4, 0.5) is 0 Å². The van der Waals surface area contributed by atoms with E-state index in [4.69, 9.17) is 0 Å². The van der Waals surface area contributed by atoms with E-state index in [0.29, 0.717) is 6.04 Å². The Morgan fingerprint density at radius 1 is 1.39 bits per heavy atom. The van der Waals surface area contributed by atoms with Crippen molar-refractivity contribution in [3.8, 4) is 0 Å². The molecule has 0 aliphatic rings. The van der Waals surface area contributed by atoms with Crippen LogP contribution in [0.1, 0.15) is 12.5 Å². The predicted octanol–water partition coefficient (Wildman–Crippen LogP) is 2.37.